The van der Waals surface area contributed by atoms with Gasteiger partial charge in [0.15, 0.2) is 0 Å². The van der Waals surface area contributed by atoms with Crippen LogP contribution < -0.4 is 21.3 Å². The molecular formula is C19H26N6O2S. The fraction of sp³-hybridized carbons (Fsp3) is 0.579. The molecule has 0 radical (unpaired) electrons. The topological polar surface area (TPSA) is 108 Å². The van der Waals surface area contributed by atoms with Crippen LogP contribution >= 0.6 is 11.8 Å². The maximum Gasteiger partial charge on any atom is 0.290 e. The fourth-order valence-corrected chi connectivity index (χ4v) is 4.92. The Morgan fingerprint density at radius 3 is 2.89 bits per heavy atom. The molecule has 28 heavy (non-hydrogen) atoms. The molecule has 3 aliphatic heterocycles. The minimum atomic E-state index is -0.374. The standard InChI is InChI=1S/C19H26N6O2S/c26-16-15(28-18(27)24-16)9-14-4-8-22-17(23-14)25-19(5-2-7-21-12-19)10-13-3-1-6-20-11-13/h4,8-9,13,20-21H,1-3,5-7,10-12H2,(H,22,23,25)(H,24,26,27)/t13?,19-/m0/s1. The number of aromatic nitrogens is 2. The van der Waals surface area contributed by atoms with E-state index < -0.39 is 0 Å². The number of nitrogens with one attached hydrogen (secondary N) is 4. The summed E-state index contributed by atoms with van der Waals surface area (Å²) in [6.07, 6.45) is 9.08. The lowest BCUT2D eigenvalue weighted by atomic mass is 9.79. The van der Waals surface area contributed by atoms with Crippen LogP contribution in [-0.2, 0) is 4.79 Å². The average Bonchev–Trinajstić information content (AvgIpc) is 3.00. The third-order valence-electron chi connectivity index (χ3n) is 5.53. The second-order valence-corrected chi connectivity index (χ2v) is 8.77. The molecule has 1 aromatic heterocycles. The summed E-state index contributed by atoms with van der Waals surface area (Å²) in [5.41, 5.74) is 0.548. The second-order valence-electron chi connectivity index (χ2n) is 7.76. The van der Waals surface area contributed by atoms with Crippen molar-refractivity contribution in [2.75, 3.05) is 31.5 Å². The van der Waals surface area contributed by atoms with Crippen LogP contribution in [0.4, 0.5) is 10.7 Å². The van der Waals surface area contributed by atoms with E-state index in [0.717, 1.165) is 57.2 Å². The highest BCUT2D eigenvalue weighted by atomic mass is 32.2. The zero-order valence-corrected chi connectivity index (χ0v) is 16.6. The summed E-state index contributed by atoms with van der Waals surface area (Å²) in [6.45, 7) is 4.12. The van der Waals surface area contributed by atoms with E-state index in [-0.39, 0.29) is 16.7 Å². The van der Waals surface area contributed by atoms with Gasteiger partial charge in [-0.1, -0.05) is 0 Å². The Kier molecular flexibility index (Phi) is 5.93. The number of carbonyl (C=O) groups is 2. The first-order valence-electron chi connectivity index (χ1n) is 9.89. The maximum absolute atomic E-state index is 11.8. The molecule has 4 heterocycles. The van der Waals surface area contributed by atoms with E-state index >= 15 is 0 Å². The molecule has 1 aromatic rings. The van der Waals surface area contributed by atoms with Crippen molar-refractivity contribution < 1.29 is 9.59 Å². The molecule has 8 nitrogen and oxygen atoms in total. The summed E-state index contributed by atoms with van der Waals surface area (Å²) < 4.78 is 0. The second kappa shape index (κ2) is 8.59. The van der Waals surface area contributed by atoms with Gasteiger partial charge >= 0.3 is 0 Å². The quantitative estimate of drug-likeness (QED) is 0.552. The molecule has 0 aliphatic carbocycles. The van der Waals surface area contributed by atoms with Crippen molar-refractivity contribution in [1.29, 1.82) is 0 Å². The molecule has 3 fully saturated rings. The molecule has 150 valence electrons. The number of thioether (sulfide) groups is 1. The number of nitrogens with zero attached hydrogens (tertiary/aromatic N) is 2. The Balaban J connectivity index is 1.51. The van der Waals surface area contributed by atoms with Crippen LogP contribution in [0, 0.1) is 5.92 Å². The summed E-state index contributed by atoms with van der Waals surface area (Å²) in [7, 11) is 0. The first kappa shape index (κ1) is 19.4. The minimum absolute atomic E-state index is 0.0663. The van der Waals surface area contributed by atoms with E-state index in [1.54, 1.807) is 18.3 Å². The van der Waals surface area contributed by atoms with Gasteiger partial charge in [-0.2, -0.15) is 0 Å². The predicted octanol–water partition coefficient (Wildman–Crippen LogP) is 1.72. The average molecular weight is 403 g/mol. The fourth-order valence-electron chi connectivity index (χ4n) is 4.26. The number of hydrogen-bond donors (Lipinski definition) is 4. The number of imide groups is 1. The Labute approximate surface area is 168 Å². The van der Waals surface area contributed by atoms with Gasteiger partial charge < -0.3 is 16.0 Å². The number of anilines is 1. The Morgan fingerprint density at radius 1 is 1.29 bits per heavy atom. The van der Waals surface area contributed by atoms with E-state index in [9.17, 15) is 9.59 Å². The van der Waals surface area contributed by atoms with E-state index in [1.807, 2.05) is 0 Å². The van der Waals surface area contributed by atoms with Crippen LogP contribution in [0.25, 0.3) is 6.08 Å². The number of piperidine rings is 2. The van der Waals surface area contributed by atoms with Crippen molar-refractivity contribution in [3.8, 4) is 0 Å². The van der Waals surface area contributed by atoms with Crippen LogP contribution in [0.2, 0.25) is 0 Å². The van der Waals surface area contributed by atoms with Gasteiger partial charge in [0.05, 0.1) is 16.1 Å². The van der Waals surface area contributed by atoms with Crippen molar-refractivity contribution in [3.63, 3.8) is 0 Å². The Morgan fingerprint density at radius 2 is 2.18 bits per heavy atom. The highest BCUT2D eigenvalue weighted by Gasteiger charge is 2.35. The Hall–Kier alpha value is -1.97. The molecule has 3 saturated heterocycles. The summed E-state index contributed by atoms with van der Waals surface area (Å²) in [6, 6.07) is 1.74. The van der Waals surface area contributed by atoms with Crippen LogP contribution in [0.3, 0.4) is 0 Å². The van der Waals surface area contributed by atoms with Crippen LogP contribution in [0.15, 0.2) is 17.2 Å². The van der Waals surface area contributed by atoms with E-state index in [2.05, 4.69) is 31.2 Å². The van der Waals surface area contributed by atoms with E-state index in [4.69, 9.17) is 0 Å². The first-order valence-corrected chi connectivity index (χ1v) is 10.7. The summed E-state index contributed by atoms with van der Waals surface area (Å²) in [5.74, 6) is 0.841. The van der Waals surface area contributed by atoms with Crippen molar-refractivity contribution in [1.82, 2.24) is 25.9 Å². The van der Waals surface area contributed by atoms with Crippen molar-refractivity contribution >= 4 is 34.9 Å². The van der Waals surface area contributed by atoms with Gasteiger partial charge in [-0.05, 0) is 81.6 Å². The lowest BCUT2D eigenvalue weighted by Gasteiger charge is -2.41. The highest BCUT2D eigenvalue weighted by molar-refractivity contribution is 8.18. The first-order chi connectivity index (χ1) is 13.6. The van der Waals surface area contributed by atoms with Crippen molar-refractivity contribution in [3.05, 3.63) is 22.9 Å². The smallest absolute Gasteiger partial charge is 0.290 e. The van der Waals surface area contributed by atoms with Crippen LogP contribution in [0.5, 0.6) is 0 Å². The van der Waals surface area contributed by atoms with Gasteiger partial charge in [0.2, 0.25) is 5.95 Å². The van der Waals surface area contributed by atoms with E-state index in [0.29, 0.717) is 22.5 Å². The van der Waals surface area contributed by atoms with Crippen molar-refractivity contribution in [2.45, 2.75) is 37.6 Å². The summed E-state index contributed by atoms with van der Waals surface area (Å²) >= 11 is 0.896. The molecule has 4 N–H and O–H groups in total. The normalized spacial score (nSPS) is 29.7. The molecule has 3 aliphatic rings. The minimum Gasteiger partial charge on any atom is -0.347 e. The molecule has 0 bridgehead atoms. The van der Waals surface area contributed by atoms with Crippen LogP contribution in [0.1, 0.15) is 37.8 Å². The third kappa shape index (κ3) is 4.71. The van der Waals surface area contributed by atoms with Gasteiger partial charge in [0.25, 0.3) is 11.1 Å². The highest BCUT2D eigenvalue weighted by Crippen LogP contribution is 2.31. The van der Waals surface area contributed by atoms with Crippen LogP contribution in [-0.4, -0.2) is 52.8 Å². The molecule has 0 saturated carbocycles. The van der Waals surface area contributed by atoms with Gasteiger partial charge in [0, 0.05) is 12.7 Å². The predicted molar refractivity (Wildman–Crippen MR) is 110 cm³/mol. The summed E-state index contributed by atoms with van der Waals surface area (Å²) in [4.78, 5) is 32.5. The Bertz CT molecular complexity index is 771. The molecule has 2 amide bonds. The van der Waals surface area contributed by atoms with Gasteiger partial charge in [0.1, 0.15) is 0 Å². The number of rotatable bonds is 5. The SMILES string of the molecule is O=C1NC(=O)C(=Cc2ccnc(N[C@]3(CC4CCCNC4)CCCNC3)n2)S1. The molecule has 4 rings (SSSR count). The maximum atomic E-state index is 11.8. The van der Waals surface area contributed by atoms with Gasteiger partial charge in [-0.25, -0.2) is 9.97 Å². The molecule has 1 unspecified atom stereocenters. The molecule has 0 spiro atoms. The number of amides is 2. The summed E-state index contributed by atoms with van der Waals surface area (Å²) in [5, 5.41) is 12.6. The lowest BCUT2D eigenvalue weighted by molar-refractivity contribution is -0.115. The lowest BCUT2D eigenvalue weighted by Crippen LogP contribution is -2.53. The molecular weight excluding hydrogens is 376 g/mol. The molecule has 9 heteroatoms. The molecule has 2 atom stereocenters. The number of hydrogen-bond acceptors (Lipinski definition) is 8. The monoisotopic (exact) mass is 402 g/mol. The van der Waals surface area contributed by atoms with E-state index in [1.165, 1.54) is 12.8 Å². The van der Waals surface area contributed by atoms with Crippen molar-refractivity contribution in [2.24, 2.45) is 5.92 Å². The largest absolute Gasteiger partial charge is 0.347 e. The van der Waals surface area contributed by atoms with Gasteiger partial charge in [-0.15, -0.1) is 0 Å². The number of carbonyl (C=O) groups excluding carboxylic acids is 2. The molecule has 0 aromatic carbocycles. The third-order valence-corrected chi connectivity index (χ3v) is 6.34. The zero-order valence-electron chi connectivity index (χ0n) is 15.8. The van der Waals surface area contributed by atoms with Gasteiger partial charge in [-0.3, -0.25) is 14.9 Å². The zero-order chi connectivity index (χ0) is 19.4.